The third-order valence-electron chi connectivity index (χ3n) is 3.60. The maximum Gasteiger partial charge on any atom is 0.303 e. The largest absolute Gasteiger partial charge is 0.481 e. The van der Waals surface area contributed by atoms with Crippen LogP contribution in [0.1, 0.15) is 24.8 Å². The molecular formula is C15H18ClNO3S. The maximum atomic E-state index is 11.9. The maximum absolute atomic E-state index is 11.9. The van der Waals surface area contributed by atoms with Gasteiger partial charge in [0.1, 0.15) is 0 Å². The summed E-state index contributed by atoms with van der Waals surface area (Å²) in [7, 11) is 0. The van der Waals surface area contributed by atoms with Crippen LogP contribution in [0.15, 0.2) is 18.2 Å². The molecule has 1 aromatic rings. The molecule has 2 rings (SSSR count). The Labute approximate surface area is 133 Å². The van der Waals surface area contributed by atoms with E-state index in [-0.39, 0.29) is 17.7 Å². The van der Waals surface area contributed by atoms with Gasteiger partial charge in [-0.3, -0.25) is 9.59 Å². The summed E-state index contributed by atoms with van der Waals surface area (Å²) in [5, 5.41) is 12.3. The summed E-state index contributed by atoms with van der Waals surface area (Å²) in [5.41, 5.74) is 1.60. The van der Waals surface area contributed by atoms with E-state index in [4.69, 9.17) is 16.7 Å². The smallest absolute Gasteiger partial charge is 0.303 e. The summed E-state index contributed by atoms with van der Waals surface area (Å²) in [6.07, 6.45) is 2.09. The molecule has 4 nitrogen and oxygen atoms in total. The molecule has 2 N–H and O–H groups in total. The standard InChI is InChI=1S/C15H18ClNO3S/c1-10-2-3-11(16)6-12(10)17-13(18)8-21-9-15(4-5-15)7-14(19)20/h2-3,6H,4-5,7-9H2,1H3,(H,17,18)(H,19,20). The molecule has 0 saturated heterocycles. The number of benzene rings is 1. The van der Waals surface area contributed by atoms with Crippen molar-refractivity contribution in [1.29, 1.82) is 0 Å². The Morgan fingerprint density at radius 3 is 2.76 bits per heavy atom. The fourth-order valence-electron chi connectivity index (χ4n) is 2.15. The lowest BCUT2D eigenvalue weighted by atomic mass is 10.1. The molecule has 1 aliphatic carbocycles. The molecule has 0 heterocycles. The van der Waals surface area contributed by atoms with Gasteiger partial charge in [-0.05, 0) is 48.6 Å². The predicted molar refractivity (Wildman–Crippen MR) is 86.1 cm³/mol. The number of carbonyl (C=O) groups is 2. The first kappa shape index (κ1) is 16.2. The predicted octanol–water partition coefficient (Wildman–Crippen LogP) is 3.58. The van der Waals surface area contributed by atoms with Gasteiger partial charge in [0.15, 0.2) is 0 Å². The zero-order valence-corrected chi connectivity index (χ0v) is 13.4. The Morgan fingerprint density at radius 1 is 1.43 bits per heavy atom. The number of aliphatic carboxylic acids is 1. The van der Waals surface area contributed by atoms with Crippen molar-refractivity contribution >= 4 is 40.9 Å². The van der Waals surface area contributed by atoms with Crippen LogP contribution in [0.2, 0.25) is 5.02 Å². The van der Waals surface area contributed by atoms with Crippen molar-refractivity contribution in [1.82, 2.24) is 0 Å². The van der Waals surface area contributed by atoms with Gasteiger partial charge in [-0.1, -0.05) is 17.7 Å². The number of carbonyl (C=O) groups excluding carboxylic acids is 1. The quantitative estimate of drug-likeness (QED) is 0.803. The van der Waals surface area contributed by atoms with E-state index in [9.17, 15) is 9.59 Å². The van der Waals surface area contributed by atoms with Crippen molar-refractivity contribution in [2.45, 2.75) is 26.2 Å². The summed E-state index contributed by atoms with van der Waals surface area (Å²) in [5.74, 6) is 0.206. The van der Waals surface area contributed by atoms with Crippen LogP contribution in [0, 0.1) is 12.3 Å². The zero-order chi connectivity index (χ0) is 15.5. The van der Waals surface area contributed by atoms with E-state index in [2.05, 4.69) is 5.32 Å². The first-order valence-electron chi connectivity index (χ1n) is 6.76. The van der Waals surface area contributed by atoms with Crippen LogP contribution >= 0.6 is 23.4 Å². The topological polar surface area (TPSA) is 66.4 Å². The van der Waals surface area contributed by atoms with Crippen molar-refractivity contribution < 1.29 is 14.7 Å². The molecule has 0 radical (unpaired) electrons. The summed E-state index contributed by atoms with van der Waals surface area (Å²) < 4.78 is 0. The average molecular weight is 328 g/mol. The van der Waals surface area contributed by atoms with E-state index in [1.165, 1.54) is 11.8 Å². The number of nitrogens with one attached hydrogen (secondary N) is 1. The lowest BCUT2D eigenvalue weighted by Crippen LogP contribution is -2.17. The molecule has 0 spiro atoms. The number of thioether (sulfide) groups is 1. The van der Waals surface area contributed by atoms with Gasteiger partial charge in [0, 0.05) is 10.7 Å². The van der Waals surface area contributed by atoms with Gasteiger partial charge in [-0.25, -0.2) is 0 Å². The summed E-state index contributed by atoms with van der Waals surface area (Å²) >= 11 is 7.40. The molecule has 0 bridgehead atoms. The monoisotopic (exact) mass is 327 g/mol. The second-order valence-corrected chi connectivity index (χ2v) is 6.99. The van der Waals surface area contributed by atoms with Gasteiger partial charge in [0.25, 0.3) is 0 Å². The molecule has 0 aliphatic heterocycles. The van der Waals surface area contributed by atoms with Crippen LogP contribution in [0.4, 0.5) is 5.69 Å². The van der Waals surface area contributed by atoms with E-state index >= 15 is 0 Å². The second-order valence-electron chi connectivity index (χ2n) is 5.57. The first-order chi connectivity index (χ1) is 9.90. The second kappa shape index (κ2) is 6.71. The molecular weight excluding hydrogens is 310 g/mol. The fraction of sp³-hybridized carbons (Fsp3) is 0.467. The Balaban J connectivity index is 1.78. The molecule has 21 heavy (non-hydrogen) atoms. The number of anilines is 1. The molecule has 1 fully saturated rings. The van der Waals surface area contributed by atoms with Gasteiger partial charge in [-0.2, -0.15) is 11.8 Å². The first-order valence-corrected chi connectivity index (χ1v) is 8.29. The molecule has 1 aliphatic rings. The minimum Gasteiger partial charge on any atom is -0.481 e. The molecule has 6 heteroatoms. The third kappa shape index (κ3) is 4.93. The number of hydrogen-bond acceptors (Lipinski definition) is 3. The van der Waals surface area contributed by atoms with Gasteiger partial charge < -0.3 is 10.4 Å². The zero-order valence-electron chi connectivity index (χ0n) is 11.8. The van der Waals surface area contributed by atoms with E-state index in [1.54, 1.807) is 12.1 Å². The SMILES string of the molecule is Cc1ccc(Cl)cc1NC(=O)CSCC1(CC(=O)O)CC1. The molecule has 1 aromatic carbocycles. The number of hydrogen-bond donors (Lipinski definition) is 2. The van der Waals surface area contributed by atoms with Crippen LogP contribution in [-0.4, -0.2) is 28.5 Å². The van der Waals surface area contributed by atoms with Crippen LogP contribution in [0.5, 0.6) is 0 Å². The highest BCUT2D eigenvalue weighted by Crippen LogP contribution is 2.50. The lowest BCUT2D eigenvalue weighted by Gasteiger charge is -2.12. The van der Waals surface area contributed by atoms with Gasteiger partial charge in [0.05, 0.1) is 12.2 Å². The highest BCUT2D eigenvalue weighted by Gasteiger charge is 2.44. The minimum atomic E-state index is -0.757. The van der Waals surface area contributed by atoms with Crippen molar-refractivity contribution in [3.05, 3.63) is 28.8 Å². The lowest BCUT2D eigenvalue weighted by molar-refractivity contribution is -0.138. The van der Waals surface area contributed by atoms with Crippen LogP contribution in [-0.2, 0) is 9.59 Å². The summed E-state index contributed by atoms with van der Waals surface area (Å²) in [4.78, 5) is 22.7. The Morgan fingerprint density at radius 2 is 2.14 bits per heavy atom. The number of amides is 1. The normalized spacial score (nSPS) is 15.5. The van der Waals surface area contributed by atoms with Crippen LogP contribution in [0.25, 0.3) is 0 Å². The number of carboxylic acids is 1. The highest BCUT2D eigenvalue weighted by molar-refractivity contribution is 8.00. The number of rotatable bonds is 7. The minimum absolute atomic E-state index is 0.0806. The summed E-state index contributed by atoms with van der Waals surface area (Å²) in [6.45, 7) is 1.91. The highest BCUT2D eigenvalue weighted by atomic mass is 35.5. The number of halogens is 1. The van der Waals surface area contributed by atoms with E-state index in [0.717, 1.165) is 29.8 Å². The van der Waals surface area contributed by atoms with Gasteiger partial charge in [0.2, 0.25) is 5.91 Å². The molecule has 0 aromatic heterocycles. The van der Waals surface area contributed by atoms with Crippen LogP contribution < -0.4 is 5.32 Å². The average Bonchev–Trinajstić information content (AvgIpc) is 3.12. The Hall–Kier alpha value is -1.20. The molecule has 0 atom stereocenters. The van der Waals surface area contributed by atoms with Gasteiger partial charge >= 0.3 is 5.97 Å². The van der Waals surface area contributed by atoms with Crippen molar-refractivity contribution in [2.24, 2.45) is 5.41 Å². The van der Waals surface area contributed by atoms with E-state index in [0.29, 0.717) is 10.8 Å². The van der Waals surface area contributed by atoms with Crippen molar-refractivity contribution in [3.8, 4) is 0 Å². The van der Waals surface area contributed by atoms with Crippen LogP contribution in [0.3, 0.4) is 0 Å². The Bertz CT molecular complexity index is 558. The van der Waals surface area contributed by atoms with Crippen molar-refractivity contribution in [3.63, 3.8) is 0 Å². The fourth-order valence-corrected chi connectivity index (χ4v) is 3.50. The van der Waals surface area contributed by atoms with E-state index in [1.807, 2.05) is 13.0 Å². The Kier molecular flexibility index (Phi) is 5.17. The van der Waals surface area contributed by atoms with Gasteiger partial charge in [-0.15, -0.1) is 0 Å². The molecule has 114 valence electrons. The molecule has 0 unspecified atom stereocenters. The molecule has 1 saturated carbocycles. The number of aryl methyl sites for hydroxylation is 1. The van der Waals surface area contributed by atoms with Crippen molar-refractivity contribution in [2.75, 3.05) is 16.8 Å². The summed E-state index contributed by atoms with van der Waals surface area (Å²) in [6, 6.07) is 5.37. The third-order valence-corrected chi connectivity index (χ3v) is 5.12. The van der Waals surface area contributed by atoms with E-state index < -0.39 is 5.97 Å². The molecule has 1 amide bonds. The number of carboxylic acid groups (broad SMARTS) is 1.